The zero-order valence-corrected chi connectivity index (χ0v) is 17.5. The minimum Gasteiger partial charge on any atom is -0.312 e. The van der Waals surface area contributed by atoms with E-state index in [1.54, 1.807) is 11.0 Å². The van der Waals surface area contributed by atoms with Gasteiger partial charge in [0.05, 0.1) is 4.92 Å². The summed E-state index contributed by atoms with van der Waals surface area (Å²) in [6.07, 6.45) is 1.24. The second kappa shape index (κ2) is 8.60. The first-order valence-electron chi connectivity index (χ1n) is 9.73. The highest BCUT2D eigenvalue weighted by molar-refractivity contribution is 7.15. The Bertz CT molecular complexity index is 1140. The molecule has 1 N–H and O–H groups in total. The van der Waals surface area contributed by atoms with E-state index >= 15 is 0 Å². The number of nitro groups is 1. The predicted octanol–water partition coefficient (Wildman–Crippen LogP) is 3.78. The maximum Gasteiger partial charge on any atom is 0.282 e. The van der Waals surface area contributed by atoms with Crippen molar-refractivity contribution in [2.24, 2.45) is 0 Å². The normalized spacial score (nSPS) is 15.8. The fourth-order valence-electron chi connectivity index (χ4n) is 3.47. The minimum atomic E-state index is -0.630. The summed E-state index contributed by atoms with van der Waals surface area (Å²) in [6.45, 7) is 2.56. The van der Waals surface area contributed by atoms with Gasteiger partial charge in [0.25, 0.3) is 11.6 Å². The average molecular weight is 437 g/mol. The Labute approximate surface area is 181 Å². The van der Waals surface area contributed by atoms with Gasteiger partial charge in [-0.05, 0) is 30.2 Å². The summed E-state index contributed by atoms with van der Waals surface area (Å²) in [5.41, 5.74) is 1.71. The quantitative estimate of drug-likeness (QED) is 0.463. The van der Waals surface area contributed by atoms with Gasteiger partial charge in [-0.2, -0.15) is 0 Å². The fourth-order valence-corrected chi connectivity index (χ4v) is 4.30. The lowest BCUT2D eigenvalue weighted by atomic mass is 10.1. The first-order chi connectivity index (χ1) is 15.0. The molecule has 1 aliphatic heterocycles. The summed E-state index contributed by atoms with van der Waals surface area (Å²) in [5.74, 6) is -0.752. The van der Waals surface area contributed by atoms with E-state index in [2.05, 4.69) is 22.4 Å². The number of carbonyl (C=O) groups is 2. The van der Waals surface area contributed by atoms with E-state index in [4.69, 9.17) is 0 Å². The molecule has 1 unspecified atom stereocenters. The van der Waals surface area contributed by atoms with Gasteiger partial charge in [0, 0.05) is 30.6 Å². The molecule has 3 aromatic rings. The van der Waals surface area contributed by atoms with Crippen LogP contribution in [0.4, 0.5) is 16.5 Å². The number of hydrogen-bond donors (Lipinski definition) is 1. The summed E-state index contributed by atoms with van der Waals surface area (Å²) in [7, 11) is 0. The maximum atomic E-state index is 12.5. The number of rotatable bonds is 6. The van der Waals surface area contributed by atoms with E-state index in [0.29, 0.717) is 18.0 Å². The van der Waals surface area contributed by atoms with Crippen LogP contribution in [0.2, 0.25) is 0 Å². The first kappa shape index (κ1) is 20.6. The number of aromatic nitrogens is 2. The monoisotopic (exact) mass is 437 g/mol. The van der Waals surface area contributed by atoms with Gasteiger partial charge in [0.1, 0.15) is 10.6 Å². The number of nitro benzene ring substituents is 1. The molecule has 2 amide bonds. The molecule has 9 nitrogen and oxygen atoms in total. The number of benzene rings is 2. The molecule has 2 aromatic carbocycles. The predicted molar refractivity (Wildman–Crippen MR) is 116 cm³/mol. The Morgan fingerprint density at radius 3 is 2.68 bits per heavy atom. The van der Waals surface area contributed by atoms with Gasteiger partial charge >= 0.3 is 0 Å². The number of hydrogen-bond acceptors (Lipinski definition) is 7. The Morgan fingerprint density at radius 1 is 1.23 bits per heavy atom. The van der Waals surface area contributed by atoms with Crippen LogP contribution in [0, 0.1) is 10.1 Å². The van der Waals surface area contributed by atoms with Gasteiger partial charge in [-0.25, -0.2) is 0 Å². The van der Waals surface area contributed by atoms with E-state index in [-0.39, 0.29) is 28.2 Å². The number of amides is 2. The average Bonchev–Trinajstić information content (AvgIpc) is 3.40. The molecule has 0 bridgehead atoms. The molecule has 2 heterocycles. The lowest BCUT2D eigenvalue weighted by Crippen LogP contribution is -2.24. The Hall–Kier alpha value is -3.66. The van der Waals surface area contributed by atoms with Gasteiger partial charge in [-0.1, -0.05) is 42.5 Å². The highest BCUT2D eigenvalue weighted by atomic mass is 32.1. The van der Waals surface area contributed by atoms with E-state index in [1.807, 2.05) is 24.3 Å². The molecule has 0 aliphatic carbocycles. The molecule has 31 heavy (non-hydrogen) atoms. The van der Waals surface area contributed by atoms with E-state index in [1.165, 1.54) is 35.1 Å². The van der Waals surface area contributed by atoms with Crippen molar-refractivity contribution in [1.82, 2.24) is 10.2 Å². The molecule has 0 saturated carbocycles. The van der Waals surface area contributed by atoms with Crippen LogP contribution in [-0.2, 0) is 11.2 Å². The number of aryl methyl sites for hydroxylation is 1. The molecule has 1 saturated heterocycles. The lowest BCUT2D eigenvalue weighted by Gasteiger charge is -2.16. The third kappa shape index (κ3) is 4.29. The Balaban J connectivity index is 1.46. The molecule has 1 aliphatic rings. The molecule has 1 aromatic heterocycles. The Morgan fingerprint density at radius 2 is 1.97 bits per heavy atom. The van der Waals surface area contributed by atoms with Crippen molar-refractivity contribution >= 4 is 39.7 Å². The molecule has 1 atom stereocenters. The third-order valence-electron chi connectivity index (χ3n) is 5.14. The van der Waals surface area contributed by atoms with E-state index in [0.717, 1.165) is 12.1 Å². The van der Waals surface area contributed by atoms with Crippen molar-refractivity contribution in [3.05, 3.63) is 74.8 Å². The summed E-state index contributed by atoms with van der Waals surface area (Å²) >= 11 is 1.17. The van der Waals surface area contributed by atoms with Crippen molar-refractivity contribution in [1.29, 1.82) is 0 Å². The van der Waals surface area contributed by atoms with Crippen molar-refractivity contribution < 1.29 is 14.5 Å². The van der Waals surface area contributed by atoms with Crippen molar-refractivity contribution in [2.75, 3.05) is 16.8 Å². The molecule has 1 fully saturated rings. The first-order valence-corrected chi connectivity index (χ1v) is 10.6. The zero-order chi connectivity index (χ0) is 22.0. The SMILES string of the molecule is CCc1ccc(N2CC(c3nnc(NC(=O)c4ccccc4[N+](=O)[O-])s3)CC2=O)cc1. The second-order valence-corrected chi connectivity index (χ2v) is 8.11. The lowest BCUT2D eigenvalue weighted by molar-refractivity contribution is -0.385. The minimum absolute atomic E-state index is 0.00921. The summed E-state index contributed by atoms with van der Waals surface area (Å²) in [4.78, 5) is 37.3. The number of para-hydroxylation sites is 1. The molecule has 158 valence electrons. The third-order valence-corrected chi connectivity index (χ3v) is 6.14. The zero-order valence-electron chi connectivity index (χ0n) is 16.6. The van der Waals surface area contributed by atoms with Gasteiger partial charge in [0.15, 0.2) is 0 Å². The fraction of sp³-hybridized carbons (Fsp3) is 0.238. The van der Waals surface area contributed by atoms with Crippen LogP contribution in [0.25, 0.3) is 0 Å². The van der Waals surface area contributed by atoms with E-state index < -0.39 is 10.8 Å². The summed E-state index contributed by atoms with van der Waals surface area (Å²) in [6, 6.07) is 13.6. The van der Waals surface area contributed by atoms with Crippen LogP contribution in [-0.4, -0.2) is 33.5 Å². The van der Waals surface area contributed by atoms with Crippen molar-refractivity contribution in [3.8, 4) is 0 Å². The van der Waals surface area contributed by atoms with Gasteiger partial charge < -0.3 is 4.90 Å². The smallest absolute Gasteiger partial charge is 0.282 e. The Kier molecular flexibility index (Phi) is 5.72. The van der Waals surface area contributed by atoms with Crippen LogP contribution in [0.3, 0.4) is 0 Å². The summed E-state index contributed by atoms with van der Waals surface area (Å²) < 4.78 is 0. The molecule has 0 radical (unpaired) electrons. The second-order valence-electron chi connectivity index (χ2n) is 7.10. The highest BCUT2D eigenvalue weighted by Crippen LogP contribution is 2.34. The number of nitrogens with zero attached hydrogens (tertiary/aromatic N) is 4. The summed E-state index contributed by atoms with van der Waals surface area (Å²) in [5, 5.41) is 22.7. The standard InChI is InChI=1S/C21H19N5O4S/c1-2-13-7-9-15(10-8-13)25-12-14(11-18(25)27)20-23-24-21(31-20)22-19(28)16-5-3-4-6-17(16)26(29)30/h3-10,14H,2,11-12H2,1H3,(H,22,24,28). The van der Waals surface area contributed by atoms with Crippen LogP contribution < -0.4 is 10.2 Å². The molecule has 10 heteroatoms. The van der Waals surface area contributed by atoms with Crippen LogP contribution in [0.15, 0.2) is 48.5 Å². The largest absolute Gasteiger partial charge is 0.312 e. The van der Waals surface area contributed by atoms with Crippen LogP contribution in [0.5, 0.6) is 0 Å². The van der Waals surface area contributed by atoms with Crippen molar-refractivity contribution in [3.63, 3.8) is 0 Å². The maximum absolute atomic E-state index is 12.5. The van der Waals surface area contributed by atoms with Crippen LogP contribution in [0.1, 0.15) is 40.2 Å². The number of nitrogens with one attached hydrogen (secondary N) is 1. The van der Waals surface area contributed by atoms with Crippen LogP contribution >= 0.6 is 11.3 Å². The topological polar surface area (TPSA) is 118 Å². The number of anilines is 2. The van der Waals surface area contributed by atoms with Crippen molar-refractivity contribution in [2.45, 2.75) is 25.7 Å². The van der Waals surface area contributed by atoms with Gasteiger partial charge in [-0.3, -0.25) is 25.0 Å². The molecule has 4 rings (SSSR count). The highest BCUT2D eigenvalue weighted by Gasteiger charge is 2.34. The van der Waals surface area contributed by atoms with Gasteiger partial charge in [-0.15, -0.1) is 10.2 Å². The molecular formula is C21H19N5O4S. The van der Waals surface area contributed by atoms with Gasteiger partial charge in [0.2, 0.25) is 11.0 Å². The number of carbonyl (C=O) groups excluding carboxylic acids is 2. The molecular weight excluding hydrogens is 418 g/mol. The molecule has 0 spiro atoms. The van der Waals surface area contributed by atoms with E-state index in [9.17, 15) is 19.7 Å².